The largest absolute Gasteiger partial charge is 0.346 e. The van der Waals surface area contributed by atoms with E-state index in [9.17, 15) is 14.4 Å². The number of aliphatic imine (C=N–C) groups is 1. The van der Waals surface area contributed by atoms with Crippen LogP contribution in [0.2, 0.25) is 0 Å². The predicted octanol–water partition coefficient (Wildman–Crippen LogP) is 4.66. The molecule has 0 saturated heterocycles. The van der Waals surface area contributed by atoms with Crippen LogP contribution < -0.4 is 20.9 Å². The molecule has 1 heterocycles. The first kappa shape index (κ1) is 26.6. The zero-order valence-electron chi connectivity index (χ0n) is 22.3. The number of hydrogen-bond acceptors (Lipinski definition) is 4. The summed E-state index contributed by atoms with van der Waals surface area (Å²) in [5.41, 5.74) is 4.63. The lowest BCUT2D eigenvalue weighted by molar-refractivity contribution is -0.125. The first-order valence-corrected chi connectivity index (χ1v) is 12.5. The topological polar surface area (TPSA) is 103 Å². The van der Waals surface area contributed by atoms with Crippen molar-refractivity contribution in [1.82, 2.24) is 10.6 Å². The Labute approximate surface area is 223 Å². The number of nitrogens with zero attached hydrogens (tertiary/aromatic N) is 2. The fraction of sp³-hybridized carbons (Fsp3) is 0.267. The second-order valence-electron chi connectivity index (χ2n) is 10.0. The Morgan fingerprint density at radius 1 is 0.947 bits per heavy atom. The van der Waals surface area contributed by atoms with Crippen molar-refractivity contribution in [2.75, 3.05) is 16.8 Å². The summed E-state index contributed by atoms with van der Waals surface area (Å²) in [5, 5.41) is 8.48. The van der Waals surface area contributed by atoms with Crippen LogP contribution in [0.25, 0.3) is 0 Å². The lowest BCUT2D eigenvalue weighted by Crippen LogP contribution is -2.52. The summed E-state index contributed by atoms with van der Waals surface area (Å²) in [5.74, 6) is -0.826. The van der Waals surface area contributed by atoms with E-state index in [1.165, 1.54) is 4.90 Å². The predicted molar refractivity (Wildman–Crippen MR) is 150 cm³/mol. The molecule has 3 aromatic rings. The third-order valence-electron chi connectivity index (χ3n) is 6.51. The summed E-state index contributed by atoms with van der Waals surface area (Å²) in [6.45, 7) is 9.20. The van der Waals surface area contributed by atoms with E-state index in [1.54, 1.807) is 13.0 Å². The van der Waals surface area contributed by atoms with Gasteiger partial charge in [-0.2, -0.15) is 0 Å². The number of amides is 4. The van der Waals surface area contributed by atoms with Gasteiger partial charge < -0.3 is 16.0 Å². The molecule has 0 aromatic heterocycles. The highest BCUT2D eigenvalue weighted by molar-refractivity contribution is 6.14. The van der Waals surface area contributed by atoms with Gasteiger partial charge >= 0.3 is 6.03 Å². The Morgan fingerprint density at radius 3 is 2.37 bits per heavy atom. The number of benzene rings is 3. The van der Waals surface area contributed by atoms with Crippen molar-refractivity contribution in [1.29, 1.82) is 0 Å². The second kappa shape index (κ2) is 10.9. The fourth-order valence-corrected chi connectivity index (χ4v) is 4.61. The van der Waals surface area contributed by atoms with Gasteiger partial charge in [-0.05, 0) is 63.4 Å². The van der Waals surface area contributed by atoms with Crippen molar-refractivity contribution in [3.63, 3.8) is 0 Å². The smallest absolute Gasteiger partial charge is 0.321 e. The van der Waals surface area contributed by atoms with Gasteiger partial charge in [0.1, 0.15) is 6.54 Å². The van der Waals surface area contributed by atoms with E-state index in [1.807, 2.05) is 94.4 Å². The normalized spacial score (nSPS) is 15.2. The summed E-state index contributed by atoms with van der Waals surface area (Å²) in [6, 6.07) is 22.1. The molecule has 0 aliphatic carbocycles. The lowest BCUT2D eigenvalue weighted by Gasteiger charge is -2.30. The Hall–Kier alpha value is -4.46. The molecule has 3 N–H and O–H groups in total. The van der Waals surface area contributed by atoms with Gasteiger partial charge in [-0.1, -0.05) is 60.7 Å². The average Bonchev–Trinajstić information content (AvgIpc) is 2.95. The summed E-state index contributed by atoms with van der Waals surface area (Å²) in [6.07, 6.45) is -1.21. The van der Waals surface area contributed by atoms with Gasteiger partial charge in [0.2, 0.25) is 12.1 Å². The number of hydrogen-bond donors (Lipinski definition) is 3. The molecule has 4 rings (SSSR count). The number of urea groups is 1. The van der Waals surface area contributed by atoms with Gasteiger partial charge in [0, 0.05) is 17.0 Å². The maximum absolute atomic E-state index is 13.8. The Bertz CT molecular complexity index is 1400. The maximum Gasteiger partial charge on any atom is 0.321 e. The standard InChI is InChI=1S/C30H33N5O3/c1-19-11-9-15-23(17-19)32-29(38)33-27-28(37)35(26-20(2)12-10-16-24(26)21(3)31-27)18-25(36)34-30(4,5)22-13-7-6-8-14-22/h6-17,27H,18H2,1-5H3,(H,34,36)(H2,32,33,38). The molecule has 38 heavy (non-hydrogen) atoms. The summed E-state index contributed by atoms with van der Waals surface area (Å²) in [4.78, 5) is 45.9. The van der Waals surface area contributed by atoms with Crippen LogP contribution in [-0.4, -0.2) is 36.3 Å². The molecule has 0 spiro atoms. The molecule has 1 aliphatic rings. The molecule has 0 bridgehead atoms. The Kier molecular flexibility index (Phi) is 7.62. The van der Waals surface area contributed by atoms with Crippen LogP contribution in [0.3, 0.4) is 0 Å². The van der Waals surface area contributed by atoms with Gasteiger partial charge in [-0.15, -0.1) is 0 Å². The van der Waals surface area contributed by atoms with Crippen LogP contribution in [0.4, 0.5) is 16.2 Å². The monoisotopic (exact) mass is 511 g/mol. The minimum Gasteiger partial charge on any atom is -0.346 e. The van der Waals surface area contributed by atoms with Crippen LogP contribution in [0.1, 0.15) is 43.0 Å². The number of aryl methyl sites for hydroxylation is 2. The van der Waals surface area contributed by atoms with Gasteiger partial charge in [-0.25, -0.2) is 4.79 Å². The third kappa shape index (κ3) is 5.91. The van der Waals surface area contributed by atoms with Crippen molar-refractivity contribution < 1.29 is 14.4 Å². The quantitative estimate of drug-likeness (QED) is 0.449. The maximum atomic E-state index is 13.8. The number of carbonyl (C=O) groups is 3. The van der Waals surface area contributed by atoms with E-state index >= 15 is 0 Å². The van der Waals surface area contributed by atoms with Gasteiger partial charge in [0.05, 0.1) is 11.2 Å². The highest BCUT2D eigenvalue weighted by Gasteiger charge is 2.34. The molecule has 0 fully saturated rings. The number of para-hydroxylation sites is 1. The van der Waals surface area contributed by atoms with Crippen LogP contribution in [-0.2, 0) is 15.1 Å². The van der Waals surface area contributed by atoms with E-state index in [2.05, 4.69) is 20.9 Å². The second-order valence-corrected chi connectivity index (χ2v) is 10.0. The van der Waals surface area contributed by atoms with E-state index < -0.39 is 23.6 Å². The first-order chi connectivity index (χ1) is 18.0. The molecule has 0 saturated carbocycles. The molecule has 196 valence electrons. The summed E-state index contributed by atoms with van der Waals surface area (Å²) >= 11 is 0. The molecular formula is C30H33N5O3. The molecular weight excluding hydrogens is 478 g/mol. The number of fused-ring (bicyclic) bond motifs is 1. The van der Waals surface area contributed by atoms with Gasteiger partial charge in [0.25, 0.3) is 5.91 Å². The highest BCUT2D eigenvalue weighted by Crippen LogP contribution is 2.30. The SMILES string of the molecule is CC1=NC(NC(=O)Nc2cccc(C)c2)C(=O)N(CC(=O)NC(C)(C)c2ccccc2)c2c(C)cccc21. The van der Waals surface area contributed by atoms with E-state index in [0.717, 1.165) is 22.3 Å². The van der Waals surface area contributed by atoms with Crippen LogP contribution >= 0.6 is 0 Å². The summed E-state index contributed by atoms with van der Waals surface area (Å²) in [7, 11) is 0. The number of rotatable bonds is 6. The molecule has 1 unspecified atom stereocenters. The van der Waals surface area contributed by atoms with Crippen LogP contribution in [0.15, 0.2) is 77.8 Å². The van der Waals surface area contributed by atoms with Crippen molar-refractivity contribution in [2.45, 2.75) is 46.3 Å². The van der Waals surface area contributed by atoms with E-state index in [4.69, 9.17) is 0 Å². The first-order valence-electron chi connectivity index (χ1n) is 12.5. The van der Waals surface area contributed by atoms with Crippen molar-refractivity contribution in [3.05, 3.63) is 95.1 Å². The van der Waals surface area contributed by atoms with Crippen molar-refractivity contribution >= 4 is 34.9 Å². The number of benzodiazepines with no additional fused rings is 1. The van der Waals surface area contributed by atoms with Crippen LogP contribution in [0.5, 0.6) is 0 Å². The zero-order valence-corrected chi connectivity index (χ0v) is 22.3. The average molecular weight is 512 g/mol. The van der Waals surface area contributed by atoms with Gasteiger partial charge in [-0.3, -0.25) is 19.5 Å². The molecule has 4 amide bonds. The number of nitrogens with one attached hydrogen (secondary N) is 3. The lowest BCUT2D eigenvalue weighted by atomic mass is 9.94. The molecule has 8 nitrogen and oxygen atoms in total. The minimum atomic E-state index is -1.21. The molecule has 3 aromatic carbocycles. The zero-order chi connectivity index (χ0) is 27.4. The third-order valence-corrected chi connectivity index (χ3v) is 6.51. The fourth-order valence-electron chi connectivity index (χ4n) is 4.61. The summed E-state index contributed by atoms with van der Waals surface area (Å²) < 4.78 is 0. The number of anilines is 2. The van der Waals surface area contributed by atoms with Crippen LogP contribution in [0, 0.1) is 13.8 Å². The Balaban J connectivity index is 1.60. The van der Waals surface area contributed by atoms with Gasteiger partial charge in [0.15, 0.2) is 0 Å². The molecule has 1 aliphatic heterocycles. The minimum absolute atomic E-state index is 0.229. The number of carbonyl (C=O) groups excluding carboxylic acids is 3. The van der Waals surface area contributed by atoms with Crippen molar-refractivity contribution in [3.8, 4) is 0 Å². The van der Waals surface area contributed by atoms with E-state index in [0.29, 0.717) is 17.1 Å². The molecule has 1 atom stereocenters. The highest BCUT2D eigenvalue weighted by atomic mass is 16.2. The molecule has 0 radical (unpaired) electrons. The van der Waals surface area contributed by atoms with Crippen molar-refractivity contribution in [2.24, 2.45) is 4.99 Å². The molecule has 8 heteroatoms. The Morgan fingerprint density at radius 2 is 1.66 bits per heavy atom. The van der Waals surface area contributed by atoms with E-state index in [-0.39, 0.29) is 12.5 Å².